The maximum absolute atomic E-state index is 4.49. The lowest BCUT2D eigenvalue weighted by atomic mass is 9.63. The average molecular weight is 375 g/mol. The summed E-state index contributed by atoms with van der Waals surface area (Å²) in [7, 11) is 0. The summed E-state index contributed by atoms with van der Waals surface area (Å²) in [6, 6.07) is 7.41. The zero-order valence-electron chi connectivity index (χ0n) is 16.4. The van der Waals surface area contributed by atoms with E-state index in [0.717, 1.165) is 31.6 Å². The first kappa shape index (κ1) is 19.4. The molecule has 1 aromatic heterocycles. The smallest absolute Gasteiger partial charge is 0.113 e. The van der Waals surface area contributed by atoms with Crippen LogP contribution in [0.2, 0.25) is 0 Å². The summed E-state index contributed by atoms with van der Waals surface area (Å²) in [5.41, 5.74) is 5.67. The van der Waals surface area contributed by atoms with E-state index in [4.69, 9.17) is 0 Å². The number of halogens is 1. The quantitative estimate of drug-likeness (QED) is 0.832. The zero-order valence-corrected chi connectivity index (χ0v) is 17.2. The van der Waals surface area contributed by atoms with Crippen LogP contribution in [-0.2, 0) is 10.8 Å². The van der Waals surface area contributed by atoms with Gasteiger partial charge < -0.3 is 5.32 Å². The van der Waals surface area contributed by atoms with Gasteiger partial charge in [-0.15, -0.1) is 17.5 Å². The summed E-state index contributed by atoms with van der Waals surface area (Å²) < 4.78 is 2.07. The van der Waals surface area contributed by atoms with Crippen molar-refractivity contribution >= 4 is 12.4 Å². The van der Waals surface area contributed by atoms with Crippen molar-refractivity contribution in [3.05, 3.63) is 35.5 Å². The Bertz CT molecular complexity index is 772. The van der Waals surface area contributed by atoms with Crippen molar-refractivity contribution < 1.29 is 0 Å². The number of piperidine rings is 1. The van der Waals surface area contributed by atoms with Crippen LogP contribution < -0.4 is 5.32 Å². The molecule has 26 heavy (non-hydrogen) atoms. The molecule has 0 atom stereocenters. The van der Waals surface area contributed by atoms with Crippen LogP contribution in [0.1, 0.15) is 70.5 Å². The number of nitrogens with zero attached hydrogens (tertiary/aromatic N) is 3. The van der Waals surface area contributed by atoms with Crippen LogP contribution in [0, 0.1) is 0 Å². The predicted molar refractivity (Wildman–Crippen MR) is 109 cm³/mol. The molecule has 142 valence electrons. The van der Waals surface area contributed by atoms with Crippen molar-refractivity contribution in [3.8, 4) is 11.3 Å². The third kappa shape index (κ3) is 3.41. The van der Waals surface area contributed by atoms with Gasteiger partial charge in [0.2, 0.25) is 0 Å². The van der Waals surface area contributed by atoms with E-state index in [1.165, 1.54) is 29.5 Å². The Morgan fingerprint density at radius 2 is 1.65 bits per heavy atom. The molecule has 5 heteroatoms. The molecule has 0 amide bonds. The van der Waals surface area contributed by atoms with Gasteiger partial charge in [-0.05, 0) is 66.8 Å². The molecule has 0 saturated carbocycles. The summed E-state index contributed by atoms with van der Waals surface area (Å²) in [5, 5.41) is 12.3. The summed E-state index contributed by atoms with van der Waals surface area (Å²) in [6.07, 6.45) is 6.89. The fraction of sp³-hybridized carbons (Fsp3) is 0.619. The lowest BCUT2D eigenvalue weighted by Crippen LogP contribution is -2.33. The van der Waals surface area contributed by atoms with Crippen LogP contribution >= 0.6 is 12.4 Å². The molecule has 0 bridgehead atoms. The van der Waals surface area contributed by atoms with E-state index >= 15 is 0 Å². The third-order valence-electron chi connectivity index (χ3n) is 6.34. The van der Waals surface area contributed by atoms with Gasteiger partial charge in [0.25, 0.3) is 0 Å². The molecular weight excluding hydrogens is 344 g/mol. The van der Waals surface area contributed by atoms with Gasteiger partial charge in [-0.1, -0.05) is 45.0 Å². The van der Waals surface area contributed by atoms with Crippen molar-refractivity contribution in [3.63, 3.8) is 0 Å². The summed E-state index contributed by atoms with van der Waals surface area (Å²) >= 11 is 0. The normalized spacial score (nSPS) is 21.7. The van der Waals surface area contributed by atoms with Crippen molar-refractivity contribution in [1.29, 1.82) is 0 Å². The van der Waals surface area contributed by atoms with Gasteiger partial charge in [-0.25, -0.2) is 4.68 Å². The molecule has 1 saturated heterocycles. The second kappa shape index (κ2) is 6.97. The molecule has 4 nitrogen and oxygen atoms in total. The second-order valence-electron chi connectivity index (χ2n) is 9.09. The first-order chi connectivity index (χ1) is 11.9. The first-order valence-electron chi connectivity index (χ1n) is 9.65. The number of nitrogens with one attached hydrogen (secondary N) is 1. The van der Waals surface area contributed by atoms with Gasteiger partial charge in [0.15, 0.2) is 0 Å². The van der Waals surface area contributed by atoms with E-state index in [0.29, 0.717) is 6.04 Å². The Labute approximate surface area is 163 Å². The topological polar surface area (TPSA) is 42.7 Å². The van der Waals surface area contributed by atoms with Crippen LogP contribution in [0.5, 0.6) is 0 Å². The maximum atomic E-state index is 4.49. The Morgan fingerprint density at radius 1 is 1.00 bits per heavy atom. The minimum Gasteiger partial charge on any atom is -0.317 e. The van der Waals surface area contributed by atoms with E-state index in [1.807, 2.05) is 0 Å². The Balaban J connectivity index is 0.00000196. The van der Waals surface area contributed by atoms with Gasteiger partial charge in [-0.3, -0.25) is 0 Å². The molecule has 1 aromatic carbocycles. The highest BCUT2D eigenvalue weighted by atomic mass is 35.5. The van der Waals surface area contributed by atoms with Crippen LogP contribution in [0.3, 0.4) is 0 Å². The van der Waals surface area contributed by atoms with Crippen molar-refractivity contribution in [1.82, 2.24) is 20.3 Å². The predicted octanol–water partition coefficient (Wildman–Crippen LogP) is 4.64. The molecular formula is C21H31ClN4. The molecule has 0 spiro atoms. The van der Waals surface area contributed by atoms with Crippen molar-refractivity contribution in [2.24, 2.45) is 0 Å². The monoisotopic (exact) mass is 374 g/mol. The van der Waals surface area contributed by atoms with E-state index in [2.05, 4.69) is 72.4 Å². The van der Waals surface area contributed by atoms with Gasteiger partial charge in [-0.2, -0.15) is 0 Å². The number of fused-ring (bicyclic) bond motifs is 1. The van der Waals surface area contributed by atoms with Crippen LogP contribution in [0.4, 0.5) is 0 Å². The summed E-state index contributed by atoms with van der Waals surface area (Å²) in [5.74, 6) is 0. The zero-order chi connectivity index (χ0) is 17.7. The van der Waals surface area contributed by atoms with Gasteiger partial charge in [0, 0.05) is 5.56 Å². The highest BCUT2D eigenvalue weighted by Crippen LogP contribution is 2.46. The fourth-order valence-electron chi connectivity index (χ4n) is 4.41. The lowest BCUT2D eigenvalue weighted by Gasteiger charge is -2.42. The number of hydrogen-bond donors (Lipinski definition) is 1. The lowest BCUT2D eigenvalue weighted by molar-refractivity contribution is 0.332. The molecule has 1 aliphatic heterocycles. The minimum absolute atomic E-state index is 0. The molecule has 2 aliphatic rings. The molecule has 0 unspecified atom stereocenters. The van der Waals surface area contributed by atoms with Gasteiger partial charge in [0.05, 0.1) is 12.2 Å². The van der Waals surface area contributed by atoms with Crippen LogP contribution in [0.25, 0.3) is 11.3 Å². The van der Waals surface area contributed by atoms with Gasteiger partial charge in [0.1, 0.15) is 5.69 Å². The largest absolute Gasteiger partial charge is 0.317 e. The number of benzene rings is 1. The second-order valence-corrected chi connectivity index (χ2v) is 9.09. The standard InChI is InChI=1S/C21H30N4.ClH/c1-20(2)9-10-21(3,4)18-13-15(5-6-17(18)20)19-14-25(24-23-19)16-7-11-22-12-8-16;/h5-6,13-14,16,22H,7-12H2,1-4H3;1H. The number of aromatic nitrogens is 3. The molecule has 2 heterocycles. The molecule has 1 N–H and O–H groups in total. The van der Waals surface area contributed by atoms with Crippen molar-refractivity contribution in [2.45, 2.75) is 70.3 Å². The highest BCUT2D eigenvalue weighted by Gasteiger charge is 2.37. The first-order valence-corrected chi connectivity index (χ1v) is 9.65. The molecule has 4 rings (SSSR count). The van der Waals surface area contributed by atoms with E-state index in [-0.39, 0.29) is 23.2 Å². The van der Waals surface area contributed by atoms with Gasteiger partial charge >= 0.3 is 0 Å². The number of hydrogen-bond acceptors (Lipinski definition) is 3. The Hall–Kier alpha value is -1.39. The molecule has 1 aliphatic carbocycles. The van der Waals surface area contributed by atoms with E-state index in [9.17, 15) is 0 Å². The minimum atomic E-state index is 0. The third-order valence-corrected chi connectivity index (χ3v) is 6.34. The Morgan fingerprint density at radius 3 is 2.35 bits per heavy atom. The molecule has 1 fully saturated rings. The summed E-state index contributed by atoms with van der Waals surface area (Å²) in [4.78, 5) is 0. The molecule has 0 radical (unpaired) electrons. The number of rotatable bonds is 2. The average Bonchev–Trinajstić information content (AvgIpc) is 3.10. The van der Waals surface area contributed by atoms with Crippen molar-refractivity contribution in [2.75, 3.05) is 13.1 Å². The SMILES string of the molecule is CC1(C)CCC(C)(C)c2cc(-c3cn(C4CCNCC4)nn3)ccc21.Cl. The Kier molecular flexibility index (Phi) is 5.19. The summed E-state index contributed by atoms with van der Waals surface area (Å²) in [6.45, 7) is 11.6. The molecule has 2 aromatic rings. The van der Waals surface area contributed by atoms with Crippen LogP contribution in [-0.4, -0.2) is 28.1 Å². The van der Waals surface area contributed by atoms with Crippen LogP contribution in [0.15, 0.2) is 24.4 Å². The highest BCUT2D eigenvalue weighted by molar-refractivity contribution is 5.85. The van der Waals surface area contributed by atoms with E-state index < -0.39 is 0 Å². The van der Waals surface area contributed by atoms with E-state index in [1.54, 1.807) is 0 Å². The maximum Gasteiger partial charge on any atom is 0.113 e. The fourth-order valence-corrected chi connectivity index (χ4v) is 4.41.